The number of carbonyl (C=O) groups is 22. The largest absolute Gasteiger partial charge is 0.480 e. The van der Waals surface area contributed by atoms with Crippen molar-refractivity contribution < 1.29 is 136 Å². The Balaban J connectivity index is 1.50. The lowest BCUT2D eigenvalue weighted by atomic mass is 9.95. The van der Waals surface area contributed by atoms with E-state index in [1.165, 1.54) is 42.3 Å². The molecule has 3 heterocycles. The highest BCUT2D eigenvalue weighted by atomic mass is 32.2. The zero-order valence-corrected chi connectivity index (χ0v) is 87.4. The van der Waals surface area contributed by atoms with Gasteiger partial charge in [-0.3, -0.25) is 101 Å². The second kappa shape index (κ2) is 62.2. The highest BCUT2D eigenvalue weighted by molar-refractivity contribution is 7.98. The standard InChI is InChI=1S/C94H154N22O28S2/c1-17-48(9)72(88(137)102-56(32-37-145-15)78(127)108-70(46(5)6)86(135)98-42-68(124)100-60(39-45(3)4)91(140)116-36-24-29-65(116)94(143)144)110-87(136)71(47(7)8)109-79(128)57(33-38-146-16)103-89(138)75(53(14)121)113-84(133)64-28-22-34-114(64)92(141)62(44-118)107-80(129)59(41-67(96)123)105-90(139)74(52(13)120)112-81(130)58(40-54-25-20-19-21-26-54)104-77(126)55(30-31-66(95)122)101-83(132)63-27-23-35-115(63)93(142)73(49(10)18-2)111-82(131)61(43-117)106-76(125)50(11)99-85(134)69(97)51(12)119/h19-21,25-26,45-53,55-65,69-75,117-121H,17-18,22-24,27-44,97H2,1-16H3,(H2,95,122)(H2,96,123)(H,98,135)(H,99,134)(H,100,124)(H,101,132)(H,102,137)(H,103,138)(H,104,126)(H,105,139)(H,106,125)(H,107,129)(H,108,127)(H,109,128)(H,110,136)(H,111,131)(H,112,130)(H,113,133)(H,143,144)/t48-,49-,50-,51+,52+,53+,55-,56-,57-,58-,59-,60-,61-,62-,63-,64-,65-,69-,70-,71-,72-,73-,74-,75-/m0/s1. The summed E-state index contributed by atoms with van der Waals surface area (Å²) in [5.74, 6) is -24.0. The number of amides is 21. The Morgan fingerprint density at radius 1 is 0.390 bits per heavy atom. The molecule has 0 saturated carbocycles. The van der Waals surface area contributed by atoms with Gasteiger partial charge in [-0.15, -0.1) is 0 Å². The van der Waals surface area contributed by atoms with Crippen LogP contribution in [0.3, 0.4) is 0 Å². The normalized spacial score (nSPS) is 18.9. The molecule has 4 rings (SSSR count). The number of primary amides is 2. The third-order valence-electron chi connectivity index (χ3n) is 25.4. The van der Waals surface area contributed by atoms with E-state index in [9.17, 15) is 136 Å². The second-order valence-electron chi connectivity index (χ2n) is 38.3. The summed E-state index contributed by atoms with van der Waals surface area (Å²) in [6, 6.07) is -21.2. The molecule has 0 unspecified atom stereocenters. The predicted molar refractivity (Wildman–Crippen MR) is 533 cm³/mol. The van der Waals surface area contributed by atoms with Gasteiger partial charge in [-0.05, 0) is 151 Å². The molecule has 0 aliphatic carbocycles. The second-order valence-corrected chi connectivity index (χ2v) is 40.2. The SMILES string of the molecule is CC[C@H](C)[C@H](NC(=O)[C@@H](NC(=O)[C@H](CCSC)NC(=O)[C@@H](NC(=O)[C@@H]1CCCN1C(=O)[C@H](CO)NC(=O)[C@H](CC(N)=O)NC(=O)[C@@H](NC(=O)[C@H](Cc1ccccc1)NC(=O)[C@H](CCC(N)=O)NC(=O)[C@@H]1CCCN1C(=O)[C@@H](NC(=O)[C@H](CO)NC(=O)[C@H](C)NC(=O)[C@@H](N)[C@@H](C)O)[C@@H](C)CC)[C@@H](C)O)[C@@H](C)O)C(C)C)C(=O)N[C@@H](CCSC)C(=O)N[C@H](C(=O)NCC(=O)N[C@@H](CC(C)C)C(=O)N1CCC[C@H]1C(=O)O)C(C)C. The minimum absolute atomic E-state index is 0.00295. The molecule has 0 aromatic heterocycles. The quantitative estimate of drug-likeness (QED) is 0.0288. The van der Waals surface area contributed by atoms with Gasteiger partial charge in [0.05, 0.1) is 44.5 Å². The van der Waals surface area contributed by atoms with E-state index in [0.717, 1.165) is 23.6 Å². The molecular formula is C94H154N22O28S2. The molecule has 1 aromatic rings. The third-order valence-corrected chi connectivity index (χ3v) is 26.7. The summed E-state index contributed by atoms with van der Waals surface area (Å²) in [4.78, 5) is 309. The number of aliphatic carboxylic acids is 1. The number of carbonyl (C=O) groups excluding carboxylic acids is 21. The number of nitrogens with one attached hydrogen (secondary N) is 16. The van der Waals surface area contributed by atoms with E-state index in [0.29, 0.717) is 24.2 Å². The van der Waals surface area contributed by atoms with Crippen molar-refractivity contribution in [3.8, 4) is 0 Å². The highest BCUT2D eigenvalue weighted by Crippen LogP contribution is 2.26. The monoisotopic (exact) mass is 2100 g/mol. The molecule has 0 radical (unpaired) electrons. The lowest BCUT2D eigenvalue weighted by Crippen LogP contribution is -2.63. The number of nitrogens with two attached hydrogens (primary N) is 3. The van der Waals surface area contributed by atoms with Crippen LogP contribution in [0.2, 0.25) is 0 Å². The molecular weight excluding hydrogens is 1950 g/mol. The molecule has 3 saturated heterocycles. The van der Waals surface area contributed by atoms with Crippen LogP contribution in [-0.2, 0) is 112 Å². The number of carboxylic acid groups (broad SMARTS) is 1. The van der Waals surface area contributed by atoms with Gasteiger partial charge in [-0.25, -0.2) is 4.79 Å². The molecule has 3 aliphatic rings. The Bertz CT molecular complexity index is 4660. The molecule has 820 valence electrons. The molecule has 28 N–H and O–H groups in total. The summed E-state index contributed by atoms with van der Waals surface area (Å²) >= 11 is 2.61. The van der Waals surface area contributed by atoms with Crippen LogP contribution in [0.4, 0.5) is 0 Å². The van der Waals surface area contributed by atoms with Gasteiger partial charge in [0.25, 0.3) is 0 Å². The molecule has 1 aromatic carbocycles. The minimum atomic E-state index is -2.08. The van der Waals surface area contributed by atoms with Crippen molar-refractivity contribution in [3.63, 3.8) is 0 Å². The summed E-state index contributed by atoms with van der Waals surface area (Å²) < 4.78 is 0. The molecule has 146 heavy (non-hydrogen) atoms. The number of aliphatic hydroxyl groups excluding tert-OH is 5. The van der Waals surface area contributed by atoms with Crippen LogP contribution in [0, 0.1) is 29.6 Å². The van der Waals surface area contributed by atoms with Crippen molar-refractivity contribution in [3.05, 3.63) is 35.9 Å². The van der Waals surface area contributed by atoms with E-state index in [1.807, 2.05) is 13.8 Å². The summed E-state index contributed by atoms with van der Waals surface area (Å²) in [5, 5.41) is 103. The van der Waals surface area contributed by atoms with Crippen LogP contribution in [0.5, 0.6) is 0 Å². The van der Waals surface area contributed by atoms with E-state index < -0.39 is 326 Å². The summed E-state index contributed by atoms with van der Waals surface area (Å²) in [6.45, 7) is 18.5. The molecule has 52 heteroatoms. The average Bonchev–Trinajstić information content (AvgIpc) is 1.61. The number of hydrogen-bond donors (Lipinski definition) is 25. The predicted octanol–water partition coefficient (Wildman–Crippen LogP) is -7.75. The highest BCUT2D eigenvalue weighted by Gasteiger charge is 2.47. The Morgan fingerprint density at radius 3 is 1.25 bits per heavy atom. The van der Waals surface area contributed by atoms with Gasteiger partial charge in [0.2, 0.25) is 124 Å². The summed E-state index contributed by atoms with van der Waals surface area (Å²) in [7, 11) is 0. The lowest BCUT2D eigenvalue weighted by Gasteiger charge is -2.33. The van der Waals surface area contributed by atoms with Crippen molar-refractivity contribution in [2.75, 3.05) is 63.4 Å². The van der Waals surface area contributed by atoms with Gasteiger partial charge in [-0.2, -0.15) is 23.5 Å². The average molecular weight is 2100 g/mol. The maximum absolute atomic E-state index is 14.7. The van der Waals surface area contributed by atoms with Crippen molar-refractivity contribution in [1.29, 1.82) is 0 Å². The first kappa shape index (κ1) is 126. The fraction of sp³-hybridized carbons (Fsp3) is 0.702. The maximum atomic E-state index is 14.7. The first-order chi connectivity index (χ1) is 68.6. The van der Waals surface area contributed by atoms with Crippen molar-refractivity contribution in [2.45, 2.75) is 326 Å². The fourth-order valence-electron chi connectivity index (χ4n) is 16.4. The van der Waals surface area contributed by atoms with Crippen LogP contribution in [0.1, 0.15) is 192 Å². The van der Waals surface area contributed by atoms with Crippen LogP contribution in [-0.4, -0.2) is 372 Å². The molecule has 3 fully saturated rings. The number of nitrogens with zero attached hydrogens (tertiary/aromatic N) is 3. The van der Waals surface area contributed by atoms with Crippen molar-refractivity contribution in [1.82, 2.24) is 99.8 Å². The molecule has 24 atom stereocenters. The minimum Gasteiger partial charge on any atom is -0.480 e. The molecule has 0 bridgehead atoms. The van der Waals surface area contributed by atoms with E-state index in [-0.39, 0.29) is 95.5 Å². The van der Waals surface area contributed by atoms with Gasteiger partial charge < -0.3 is 148 Å². The Kier molecular flexibility index (Phi) is 53.8. The van der Waals surface area contributed by atoms with Crippen LogP contribution in [0.15, 0.2) is 30.3 Å². The summed E-state index contributed by atoms with van der Waals surface area (Å²) in [6.07, 6.45) is -2.33. The number of thioether (sulfide) groups is 2. The van der Waals surface area contributed by atoms with Crippen LogP contribution < -0.4 is 102 Å². The van der Waals surface area contributed by atoms with E-state index >= 15 is 0 Å². The first-order valence-electron chi connectivity index (χ1n) is 49.2. The molecule has 21 amide bonds. The number of aliphatic hydroxyl groups is 5. The first-order valence-corrected chi connectivity index (χ1v) is 52.0. The number of carboxylic acids is 1. The summed E-state index contributed by atoms with van der Waals surface area (Å²) in [5.41, 5.74) is 17.2. The Hall–Kier alpha value is -12.0. The van der Waals surface area contributed by atoms with Gasteiger partial charge in [0.1, 0.15) is 115 Å². The van der Waals surface area contributed by atoms with Gasteiger partial charge in [-0.1, -0.05) is 112 Å². The zero-order chi connectivity index (χ0) is 110. The number of hydrogen-bond acceptors (Lipinski definition) is 30. The number of benzene rings is 1. The van der Waals surface area contributed by atoms with Gasteiger partial charge in [0.15, 0.2) is 0 Å². The van der Waals surface area contributed by atoms with E-state index in [2.05, 4.69) is 85.1 Å². The molecule has 3 aliphatic heterocycles. The zero-order valence-electron chi connectivity index (χ0n) is 85.8. The van der Waals surface area contributed by atoms with Crippen molar-refractivity contribution in [2.24, 2.45) is 46.8 Å². The van der Waals surface area contributed by atoms with Crippen molar-refractivity contribution >= 4 is 154 Å². The maximum Gasteiger partial charge on any atom is 0.326 e. The molecule has 0 spiro atoms. The Morgan fingerprint density at radius 2 is 0.781 bits per heavy atom. The third kappa shape index (κ3) is 39.3. The molecule has 50 nitrogen and oxygen atoms in total. The lowest BCUT2D eigenvalue weighted by molar-refractivity contribution is -0.149. The van der Waals surface area contributed by atoms with Crippen LogP contribution in [0.25, 0.3) is 0 Å². The van der Waals surface area contributed by atoms with E-state index in [4.69, 9.17) is 17.2 Å². The Labute approximate surface area is 857 Å². The number of rotatable bonds is 62. The van der Waals surface area contributed by atoms with Crippen LogP contribution >= 0.6 is 23.5 Å². The van der Waals surface area contributed by atoms with Gasteiger partial charge >= 0.3 is 5.97 Å². The van der Waals surface area contributed by atoms with Gasteiger partial charge in [0, 0.05) is 32.5 Å². The fourth-order valence-corrected chi connectivity index (χ4v) is 17.3. The van der Waals surface area contributed by atoms with E-state index in [1.54, 1.807) is 98.2 Å². The topological polar surface area (TPSA) is 777 Å². The smallest absolute Gasteiger partial charge is 0.326 e. The number of likely N-dealkylation sites (tertiary alicyclic amines) is 3.